The standard InChI is InChI=1S/C12H9BrClN3/c13-11-5-4-10(14)7-9(11)8-16-17-12-3-1-2-6-15-12/h1-8H,(H,15,17)/b16-8+. The lowest BCUT2D eigenvalue weighted by Crippen LogP contribution is -1.93. The third-order valence-corrected chi connectivity index (χ3v) is 2.96. The molecule has 0 unspecified atom stereocenters. The number of pyridine rings is 1. The zero-order valence-corrected chi connectivity index (χ0v) is 11.1. The van der Waals surface area contributed by atoms with Gasteiger partial charge in [-0.05, 0) is 30.3 Å². The van der Waals surface area contributed by atoms with Crippen molar-refractivity contribution in [1.29, 1.82) is 0 Å². The summed E-state index contributed by atoms with van der Waals surface area (Å²) in [5.74, 6) is 0.696. The average molecular weight is 311 g/mol. The molecule has 0 spiro atoms. The van der Waals surface area contributed by atoms with E-state index in [1.165, 1.54) is 0 Å². The molecular formula is C12H9BrClN3. The van der Waals surface area contributed by atoms with Gasteiger partial charge in [0.15, 0.2) is 0 Å². The van der Waals surface area contributed by atoms with Crippen molar-refractivity contribution in [2.24, 2.45) is 5.10 Å². The number of anilines is 1. The largest absolute Gasteiger partial charge is 0.261 e. The van der Waals surface area contributed by atoms with Crippen LogP contribution in [0.2, 0.25) is 5.02 Å². The quantitative estimate of drug-likeness (QED) is 0.688. The minimum atomic E-state index is 0.674. The fraction of sp³-hybridized carbons (Fsp3) is 0. The van der Waals surface area contributed by atoms with E-state index in [1.807, 2.05) is 36.4 Å². The summed E-state index contributed by atoms with van der Waals surface area (Å²) < 4.78 is 0.938. The summed E-state index contributed by atoms with van der Waals surface area (Å²) in [6.07, 6.45) is 3.39. The van der Waals surface area contributed by atoms with Crippen molar-refractivity contribution < 1.29 is 0 Å². The van der Waals surface area contributed by atoms with Gasteiger partial charge in [-0.1, -0.05) is 33.6 Å². The van der Waals surface area contributed by atoms with Crippen LogP contribution < -0.4 is 5.43 Å². The summed E-state index contributed by atoms with van der Waals surface area (Å²) in [6, 6.07) is 11.1. The van der Waals surface area contributed by atoms with Gasteiger partial charge in [-0.25, -0.2) is 4.98 Å². The first-order valence-corrected chi connectivity index (χ1v) is 6.08. The predicted octanol–water partition coefficient (Wildman–Crippen LogP) is 3.94. The van der Waals surface area contributed by atoms with Gasteiger partial charge in [0.1, 0.15) is 5.82 Å². The SMILES string of the molecule is Clc1ccc(Br)c(/C=N/Nc2ccccn2)c1. The van der Waals surface area contributed by atoms with Crippen LogP contribution in [0.4, 0.5) is 5.82 Å². The van der Waals surface area contributed by atoms with Gasteiger partial charge in [0.25, 0.3) is 0 Å². The highest BCUT2D eigenvalue weighted by molar-refractivity contribution is 9.10. The summed E-state index contributed by atoms with van der Waals surface area (Å²) in [5.41, 5.74) is 3.74. The Morgan fingerprint density at radius 1 is 1.29 bits per heavy atom. The molecule has 0 aliphatic heterocycles. The zero-order chi connectivity index (χ0) is 12.1. The Balaban J connectivity index is 2.08. The van der Waals surface area contributed by atoms with Gasteiger partial charge in [-0.15, -0.1) is 0 Å². The molecule has 2 aromatic rings. The second-order valence-electron chi connectivity index (χ2n) is 3.25. The summed E-state index contributed by atoms with van der Waals surface area (Å²) in [5, 5.41) is 4.76. The molecule has 5 heteroatoms. The lowest BCUT2D eigenvalue weighted by molar-refractivity contribution is 1.23. The van der Waals surface area contributed by atoms with Crippen LogP contribution in [0.25, 0.3) is 0 Å². The van der Waals surface area contributed by atoms with Crippen LogP contribution in [0.3, 0.4) is 0 Å². The molecule has 0 saturated carbocycles. The number of hydrazone groups is 1. The average Bonchev–Trinajstić information content (AvgIpc) is 2.35. The van der Waals surface area contributed by atoms with Crippen LogP contribution in [0.15, 0.2) is 52.2 Å². The van der Waals surface area contributed by atoms with Crippen molar-refractivity contribution in [2.75, 3.05) is 5.43 Å². The number of nitrogens with one attached hydrogen (secondary N) is 1. The van der Waals surface area contributed by atoms with Crippen LogP contribution in [0, 0.1) is 0 Å². The van der Waals surface area contributed by atoms with Crippen molar-refractivity contribution in [3.05, 3.63) is 57.7 Å². The number of halogens is 2. The van der Waals surface area contributed by atoms with Crippen LogP contribution in [0.5, 0.6) is 0 Å². The highest BCUT2D eigenvalue weighted by atomic mass is 79.9. The third kappa shape index (κ3) is 3.54. The molecule has 86 valence electrons. The summed E-state index contributed by atoms with van der Waals surface area (Å²) in [4.78, 5) is 4.09. The second kappa shape index (κ2) is 5.80. The van der Waals surface area contributed by atoms with Gasteiger partial charge in [0.05, 0.1) is 6.21 Å². The third-order valence-electron chi connectivity index (χ3n) is 2.01. The van der Waals surface area contributed by atoms with E-state index in [9.17, 15) is 0 Å². The maximum atomic E-state index is 5.90. The van der Waals surface area contributed by atoms with Crippen molar-refractivity contribution in [3.63, 3.8) is 0 Å². The molecule has 0 saturated heterocycles. The maximum Gasteiger partial charge on any atom is 0.146 e. The molecule has 0 aliphatic carbocycles. The molecule has 0 atom stereocenters. The Bertz CT molecular complexity index is 529. The van der Waals surface area contributed by atoms with Crippen LogP contribution in [-0.2, 0) is 0 Å². The highest BCUT2D eigenvalue weighted by Gasteiger charge is 1.97. The number of aromatic nitrogens is 1. The van der Waals surface area contributed by atoms with E-state index in [1.54, 1.807) is 12.4 Å². The lowest BCUT2D eigenvalue weighted by atomic mass is 10.2. The number of rotatable bonds is 3. The first-order valence-electron chi connectivity index (χ1n) is 4.91. The molecule has 0 bridgehead atoms. The van der Waals surface area contributed by atoms with Crippen molar-refractivity contribution in [3.8, 4) is 0 Å². The van der Waals surface area contributed by atoms with Gasteiger partial charge in [0.2, 0.25) is 0 Å². The van der Waals surface area contributed by atoms with E-state index in [-0.39, 0.29) is 0 Å². The summed E-state index contributed by atoms with van der Waals surface area (Å²) >= 11 is 9.32. The molecule has 2 rings (SSSR count). The second-order valence-corrected chi connectivity index (χ2v) is 4.54. The van der Waals surface area contributed by atoms with E-state index in [4.69, 9.17) is 11.6 Å². The molecule has 1 aromatic carbocycles. The van der Waals surface area contributed by atoms with Gasteiger partial charge in [-0.3, -0.25) is 5.43 Å². The Morgan fingerprint density at radius 3 is 2.94 bits per heavy atom. The number of benzene rings is 1. The van der Waals surface area contributed by atoms with Gasteiger partial charge < -0.3 is 0 Å². The molecule has 1 heterocycles. The minimum absolute atomic E-state index is 0.674. The number of nitrogens with zero attached hydrogens (tertiary/aromatic N) is 2. The first kappa shape index (κ1) is 12.1. The Kier molecular flexibility index (Phi) is 4.12. The topological polar surface area (TPSA) is 37.3 Å². The molecule has 1 aromatic heterocycles. The number of hydrogen-bond donors (Lipinski definition) is 1. The summed E-state index contributed by atoms with van der Waals surface area (Å²) in [6.45, 7) is 0. The van der Waals surface area contributed by atoms with Crippen molar-refractivity contribution in [2.45, 2.75) is 0 Å². The van der Waals surface area contributed by atoms with Crippen molar-refractivity contribution in [1.82, 2.24) is 4.98 Å². The van der Waals surface area contributed by atoms with Gasteiger partial charge >= 0.3 is 0 Å². The Morgan fingerprint density at radius 2 is 2.18 bits per heavy atom. The fourth-order valence-electron chi connectivity index (χ4n) is 1.21. The summed E-state index contributed by atoms with van der Waals surface area (Å²) in [7, 11) is 0. The molecular weight excluding hydrogens is 302 g/mol. The van der Waals surface area contributed by atoms with Crippen LogP contribution in [0.1, 0.15) is 5.56 Å². The molecule has 0 amide bonds. The molecule has 17 heavy (non-hydrogen) atoms. The monoisotopic (exact) mass is 309 g/mol. The highest BCUT2D eigenvalue weighted by Crippen LogP contribution is 2.19. The van der Waals surface area contributed by atoms with E-state index in [2.05, 4.69) is 31.4 Å². The molecule has 0 fully saturated rings. The molecule has 0 aliphatic rings. The minimum Gasteiger partial charge on any atom is -0.261 e. The normalized spacial score (nSPS) is 10.7. The number of hydrogen-bond acceptors (Lipinski definition) is 3. The van der Waals surface area contributed by atoms with E-state index < -0.39 is 0 Å². The maximum absolute atomic E-state index is 5.90. The molecule has 3 nitrogen and oxygen atoms in total. The van der Waals surface area contributed by atoms with Crippen molar-refractivity contribution >= 4 is 39.6 Å². The van der Waals surface area contributed by atoms with E-state index in [0.717, 1.165) is 10.0 Å². The lowest BCUT2D eigenvalue weighted by Gasteiger charge is -2.00. The predicted molar refractivity (Wildman–Crippen MR) is 74.6 cm³/mol. The fourth-order valence-corrected chi connectivity index (χ4v) is 1.74. The first-order chi connectivity index (χ1) is 8.25. The van der Waals surface area contributed by atoms with Crippen LogP contribution in [-0.4, -0.2) is 11.2 Å². The molecule has 0 radical (unpaired) electrons. The van der Waals surface area contributed by atoms with Crippen LogP contribution >= 0.6 is 27.5 Å². The van der Waals surface area contributed by atoms with E-state index >= 15 is 0 Å². The van der Waals surface area contributed by atoms with Gasteiger partial charge in [-0.2, -0.15) is 5.10 Å². The Labute approximate surface area is 113 Å². The zero-order valence-electron chi connectivity index (χ0n) is 8.77. The Hall–Kier alpha value is -1.39. The smallest absolute Gasteiger partial charge is 0.146 e. The van der Waals surface area contributed by atoms with Gasteiger partial charge in [0, 0.05) is 21.3 Å². The molecule has 1 N–H and O–H groups in total. The van der Waals surface area contributed by atoms with E-state index in [0.29, 0.717) is 10.8 Å².